The van der Waals surface area contributed by atoms with Crippen molar-refractivity contribution in [2.75, 3.05) is 14.1 Å². The molecular formula is C15H15N7O3S. The number of pyridine rings is 1. The number of carbonyl (C=O) groups excluding carboxylic acids is 1. The fraction of sp³-hybridized carbons (Fsp3) is 0.133. The van der Waals surface area contributed by atoms with Crippen LogP contribution in [0, 0.1) is 0 Å². The van der Waals surface area contributed by atoms with E-state index in [1.807, 2.05) is 4.72 Å². The Bertz CT molecular complexity index is 1030. The summed E-state index contributed by atoms with van der Waals surface area (Å²) in [4.78, 5) is 24.2. The van der Waals surface area contributed by atoms with Crippen LogP contribution in [0.4, 0.5) is 0 Å². The van der Waals surface area contributed by atoms with E-state index in [-0.39, 0.29) is 5.69 Å². The quantitative estimate of drug-likeness (QED) is 0.680. The minimum Gasteiger partial charge on any atom is -0.266 e. The predicted octanol–water partition coefficient (Wildman–Crippen LogP) is 0.260. The number of hydrogen-bond donors (Lipinski definition) is 1. The van der Waals surface area contributed by atoms with Crippen LogP contribution in [0.2, 0.25) is 0 Å². The van der Waals surface area contributed by atoms with Gasteiger partial charge in [-0.3, -0.25) is 4.79 Å². The molecule has 0 radical (unpaired) electrons. The molecule has 0 aliphatic rings. The molecule has 134 valence electrons. The van der Waals surface area contributed by atoms with Gasteiger partial charge in [-0.2, -0.15) is 17.8 Å². The third kappa shape index (κ3) is 3.73. The van der Waals surface area contributed by atoms with Crippen molar-refractivity contribution < 1.29 is 13.2 Å². The fourth-order valence-corrected chi connectivity index (χ4v) is 2.51. The van der Waals surface area contributed by atoms with Crippen molar-refractivity contribution in [2.24, 2.45) is 0 Å². The Hall–Kier alpha value is -3.18. The molecule has 1 amide bonds. The molecule has 0 saturated heterocycles. The van der Waals surface area contributed by atoms with Crippen molar-refractivity contribution in [3.63, 3.8) is 0 Å². The topological polar surface area (TPSA) is 123 Å². The smallest absolute Gasteiger partial charge is 0.266 e. The summed E-state index contributed by atoms with van der Waals surface area (Å²) in [6, 6.07) is 4.74. The molecule has 0 fully saturated rings. The lowest BCUT2D eigenvalue weighted by Gasteiger charge is -2.12. The van der Waals surface area contributed by atoms with Crippen molar-refractivity contribution >= 4 is 16.1 Å². The van der Waals surface area contributed by atoms with Gasteiger partial charge in [0, 0.05) is 25.9 Å². The van der Waals surface area contributed by atoms with E-state index in [0.29, 0.717) is 16.9 Å². The van der Waals surface area contributed by atoms with Gasteiger partial charge in [-0.05, 0) is 12.1 Å². The molecule has 0 aliphatic heterocycles. The minimum absolute atomic E-state index is 0.0243. The molecule has 0 aliphatic carbocycles. The van der Waals surface area contributed by atoms with Gasteiger partial charge in [-0.1, -0.05) is 6.07 Å². The fourth-order valence-electron chi connectivity index (χ4n) is 1.99. The molecule has 3 rings (SSSR count). The standard InChI is InChI=1S/C15H15N7O3S/c1-21(2)26(24,25)20-15(23)14-5-3-4-13(19-14)11-6-18-22(9-11)12-7-16-10-17-8-12/h3-10H,1-2H3,(H,20,23). The number of hydrogen-bond acceptors (Lipinski definition) is 7. The summed E-state index contributed by atoms with van der Waals surface area (Å²) in [7, 11) is -1.25. The number of amides is 1. The van der Waals surface area contributed by atoms with Gasteiger partial charge in [0.2, 0.25) is 0 Å². The van der Waals surface area contributed by atoms with Crippen LogP contribution in [0.25, 0.3) is 16.9 Å². The van der Waals surface area contributed by atoms with Gasteiger partial charge in [0.1, 0.15) is 17.7 Å². The van der Waals surface area contributed by atoms with E-state index >= 15 is 0 Å². The van der Waals surface area contributed by atoms with Gasteiger partial charge in [0.25, 0.3) is 5.91 Å². The first kappa shape index (κ1) is 17.6. The lowest BCUT2D eigenvalue weighted by Crippen LogP contribution is -2.39. The van der Waals surface area contributed by atoms with Crippen LogP contribution in [0.3, 0.4) is 0 Å². The van der Waals surface area contributed by atoms with Crippen molar-refractivity contribution in [1.29, 1.82) is 0 Å². The van der Waals surface area contributed by atoms with Crippen LogP contribution in [0.1, 0.15) is 10.5 Å². The highest BCUT2D eigenvalue weighted by Gasteiger charge is 2.19. The SMILES string of the molecule is CN(C)S(=O)(=O)NC(=O)c1cccc(-c2cnn(-c3cncnc3)c2)n1. The zero-order valence-corrected chi connectivity index (χ0v) is 14.8. The predicted molar refractivity (Wildman–Crippen MR) is 92.5 cm³/mol. The molecule has 11 heteroatoms. The highest BCUT2D eigenvalue weighted by molar-refractivity contribution is 7.87. The van der Waals surface area contributed by atoms with Crippen LogP contribution in [-0.2, 0) is 10.2 Å². The van der Waals surface area contributed by atoms with Crippen LogP contribution in [0.15, 0.2) is 49.3 Å². The van der Waals surface area contributed by atoms with Crippen molar-refractivity contribution in [3.8, 4) is 16.9 Å². The monoisotopic (exact) mass is 373 g/mol. The van der Waals surface area contributed by atoms with E-state index in [4.69, 9.17) is 0 Å². The first-order valence-electron chi connectivity index (χ1n) is 7.39. The largest absolute Gasteiger partial charge is 0.303 e. The zero-order chi connectivity index (χ0) is 18.7. The maximum atomic E-state index is 12.2. The van der Waals surface area contributed by atoms with Crippen LogP contribution in [-0.4, -0.2) is 57.5 Å². The van der Waals surface area contributed by atoms with Crippen molar-refractivity contribution in [3.05, 3.63) is 55.0 Å². The van der Waals surface area contributed by atoms with E-state index in [1.54, 1.807) is 41.6 Å². The number of aromatic nitrogens is 5. The number of carbonyl (C=O) groups is 1. The second kappa shape index (κ2) is 6.98. The van der Waals surface area contributed by atoms with E-state index in [2.05, 4.69) is 20.1 Å². The Morgan fingerprint density at radius 3 is 2.58 bits per heavy atom. The average Bonchev–Trinajstić information content (AvgIpc) is 3.12. The molecular weight excluding hydrogens is 358 g/mol. The maximum absolute atomic E-state index is 12.2. The van der Waals surface area contributed by atoms with Gasteiger partial charge in [-0.15, -0.1) is 0 Å². The normalized spacial score (nSPS) is 11.5. The van der Waals surface area contributed by atoms with Gasteiger partial charge in [-0.25, -0.2) is 24.4 Å². The maximum Gasteiger partial charge on any atom is 0.303 e. The van der Waals surface area contributed by atoms with Gasteiger partial charge >= 0.3 is 10.2 Å². The van der Waals surface area contributed by atoms with E-state index in [1.165, 1.54) is 26.5 Å². The summed E-state index contributed by atoms with van der Waals surface area (Å²) >= 11 is 0. The highest BCUT2D eigenvalue weighted by atomic mass is 32.2. The molecule has 0 unspecified atom stereocenters. The third-order valence-corrected chi connectivity index (χ3v) is 4.78. The Morgan fingerprint density at radius 2 is 1.88 bits per heavy atom. The Balaban J connectivity index is 1.86. The summed E-state index contributed by atoms with van der Waals surface area (Å²) in [6.07, 6.45) is 7.91. The van der Waals surface area contributed by atoms with E-state index < -0.39 is 16.1 Å². The van der Waals surface area contributed by atoms with Crippen molar-refractivity contribution in [1.82, 2.24) is 33.8 Å². The lowest BCUT2D eigenvalue weighted by molar-refractivity contribution is 0.0975. The summed E-state index contributed by atoms with van der Waals surface area (Å²) < 4.78 is 28.0. The molecule has 26 heavy (non-hydrogen) atoms. The average molecular weight is 373 g/mol. The molecule has 3 aromatic heterocycles. The van der Waals surface area contributed by atoms with Gasteiger partial charge < -0.3 is 0 Å². The number of rotatable bonds is 5. The first-order chi connectivity index (χ1) is 12.4. The van der Waals surface area contributed by atoms with E-state index in [0.717, 1.165) is 4.31 Å². The molecule has 0 bridgehead atoms. The lowest BCUT2D eigenvalue weighted by atomic mass is 10.2. The molecule has 3 heterocycles. The highest BCUT2D eigenvalue weighted by Crippen LogP contribution is 2.18. The van der Waals surface area contributed by atoms with Gasteiger partial charge in [0.05, 0.1) is 24.3 Å². The molecule has 0 spiro atoms. The van der Waals surface area contributed by atoms with Crippen molar-refractivity contribution in [2.45, 2.75) is 0 Å². The second-order valence-corrected chi connectivity index (χ2v) is 7.28. The molecule has 3 aromatic rings. The number of nitrogens with one attached hydrogen (secondary N) is 1. The first-order valence-corrected chi connectivity index (χ1v) is 8.83. The third-order valence-electron chi connectivity index (χ3n) is 3.37. The Morgan fingerprint density at radius 1 is 1.15 bits per heavy atom. The van der Waals surface area contributed by atoms with Gasteiger partial charge in [0.15, 0.2) is 0 Å². The Kier molecular flexibility index (Phi) is 4.73. The van der Waals surface area contributed by atoms with Crippen LogP contribution in [0.5, 0.6) is 0 Å². The summed E-state index contributed by atoms with van der Waals surface area (Å²) in [5.41, 5.74) is 1.77. The summed E-state index contributed by atoms with van der Waals surface area (Å²) in [5, 5.41) is 4.21. The summed E-state index contributed by atoms with van der Waals surface area (Å²) in [5.74, 6) is -0.815. The second-order valence-electron chi connectivity index (χ2n) is 5.40. The molecule has 1 N–H and O–H groups in total. The Labute approximate surface area is 149 Å². The summed E-state index contributed by atoms with van der Waals surface area (Å²) in [6.45, 7) is 0. The number of nitrogens with zero attached hydrogens (tertiary/aromatic N) is 6. The molecule has 0 aromatic carbocycles. The van der Waals surface area contributed by atoms with Crippen LogP contribution >= 0.6 is 0 Å². The molecule has 0 saturated carbocycles. The van der Waals surface area contributed by atoms with E-state index in [9.17, 15) is 13.2 Å². The van der Waals surface area contributed by atoms with Crippen LogP contribution < -0.4 is 4.72 Å². The molecule has 10 nitrogen and oxygen atoms in total. The molecule has 0 atom stereocenters. The minimum atomic E-state index is -3.89. The zero-order valence-electron chi connectivity index (χ0n) is 13.9.